The van der Waals surface area contributed by atoms with E-state index in [-0.39, 0.29) is 12.0 Å². The molecule has 4 heteroatoms. The summed E-state index contributed by atoms with van der Waals surface area (Å²) in [4.78, 5) is 0. The Kier molecular flexibility index (Phi) is 4.12. The summed E-state index contributed by atoms with van der Waals surface area (Å²) in [6, 6.07) is 10.5. The number of hydrogen-bond donors (Lipinski definition) is 1. The fourth-order valence-corrected chi connectivity index (χ4v) is 1.97. The van der Waals surface area contributed by atoms with Crippen molar-refractivity contribution < 1.29 is 18.6 Å². The zero-order valence-electron chi connectivity index (χ0n) is 10.4. The summed E-state index contributed by atoms with van der Waals surface area (Å²) < 4.78 is 32.2. The van der Waals surface area contributed by atoms with Crippen LogP contribution in [0, 0.1) is 11.6 Å². The van der Waals surface area contributed by atoms with Crippen molar-refractivity contribution in [3.05, 3.63) is 65.2 Å². The predicted molar refractivity (Wildman–Crippen MR) is 68.0 cm³/mol. The van der Waals surface area contributed by atoms with E-state index in [0.717, 1.165) is 0 Å². The largest absolute Gasteiger partial charge is 0.496 e. The van der Waals surface area contributed by atoms with E-state index in [1.807, 2.05) is 0 Å². The molecule has 0 aromatic heterocycles. The van der Waals surface area contributed by atoms with Crippen LogP contribution in [0.5, 0.6) is 5.75 Å². The Hall–Kier alpha value is -1.94. The van der Waals surface area contributed by atoms with Crippen LogP contribution in [0.15, 0.2) is 42.5 Å². The molecule has 19 heavy (non-hydrogen) atoms. The van der Waals surface area contributed by atoms with Gasteiger partial charge in [0, 0.05) is 17.5 Å². The number of aliphatic hydroxyl groups excluding tert-OH is 1. The summed E-state index contributed by atoms with van der Waals surface area (Å²) in [6.07, 6.45) is -1.17. The van der Waals surface area contributed by atoms with Gasteiger partial charge in [-0.3, -0.25) is 0 Å². The lowest BCUT2D eigenvalue weighted by atomic mass is 10.00. The van der Waals surface area contributed by atoms with Crippen LogP contribution in [0.1, 0.15) is 17.2 Å². The smallest absolute Gasteiger partial charge is 0.129 e. The van der Waals surface area contributed by atoms with Crippen LogP contribution in [0.4, 0.5) is 8.78 Å². The Bertz CT molecular complexity index is 550. The Balaban J connectivity index is 2.28. The van der Waals surface area contributed by atoms with Crippen LogP contribution >= 0.6 is 0 Å². The minimum atomic E-state index is -1.03. The summed E-state index contributed by atoms with van der Waals surface area (Å²) >= 11 is 0. The maximum absolute atomic E-state index is 13.5. The second-order valence-corrected chi connectivity index (χ2v) is 4.16. The number of rotatable bonds is 4. The topological polar surface area (TPSA) is 29.5 Å². The molecule has 0 aliphatic heterocycles. The number of halogens is 2. The Morgan fingerprint density at radius 2 is 1.68 bits per heavy atom. The highest BCUT2D eigenvalue weighted by molar-refractivity contribution is 5.36. The van der Waals surface area contributed by atoms with Crippen molar-refractivity contribution in [3.63, 3.8) is 0 Å². The van der Waals surface area contributed by atoms with Crippen LogP contribution < -0.4 is 4.74 Å². The van der Waals surface area contributed by atoms with Gasteiger partial charge in [-0.05, 0) is 18.2 Å². The van der Waals surface area contributed by atoms with Gasteiger partial charge in [0.1, 0.15) is 17.4 Å². The summed E-state index contributed by atoms with van der Waals surface area (Å²) in [5.74, 6) is -0.824. The molecule has 0 heterocycles. The first-order valence-electron chi connectivity index (χ1n) is 5.87. The van der Waals surface area contributed by atoms with Crippen LogP contribution in [0.3, 0.4) is 0 Å². The van der Waals surface area contributed by atoms with Crippen LogP contribution in [0.2, 0.25) is 0 Å². The van der Waals surface area contributed by atoms with E-state index in [9.17, 15) is 13.9 Å². The lowest BCUT2D eigenvalue weighted by molar-refractivity contribution is 0.171. The summed E-state index contributed by atoms with van der Waals surface area (Å²) in [7, 11) is 1.48. The first kappa shape index (κ1) is 13.5. The zero-order chi connectivity index (χ0) is 13.8. The lowest BCUT2D eigenvalue weighted by Crippen LogP contribution is -2.07. The van der Waals surface area contributed by atoms with Gasteiger partial charge in [0.05, 0.1) is 13.2 Å². The summed E-state index contributed by atoms with van der Waals surface area (Å²) in [6.45, 7) is 0. The highest BCUT2D eigenvalue weighted by Gasteiger charge is 2.17. The fraction of sp³-hybridized carbons (Fsp3) is 0.200. The van der Waals surface area contributed by atoms with Crippen molar-refractivity contribution in [1.82, 2.24) is 0 Å². The molecule has 2 aromatic carbocycles. The molecule has 0 fully saturated rings. The molecule has 2 nitrogen and oxygen atoms in total. The quantitative estimate of drug-likeness (QED) is 0.918. The van der Waals surface area contributed by atoms with Gasteiger partial charge in [-0.15, -0.1) is 0 Å². The van der Waals surface area contributed by atoms with Gasteiger partial charge in [-0.1, -0.05) is 24.3 Å². The molecular weight excluding hydrogens is 250 g/mol. The van der Waals surface area contributed by atoms with Gasteiger partial charge in [0.15, 0.2) is 0 Å². The summed E-state index contributed by atoms with van der Waals surface area (Å²) in [5, 5.41) is 10.1. The molecule has 1 N–H and O–H groups in total. The van der Waals surface area contributed by atoms with Gasteiger partial charge < -0.3 is 9.84 Å². The zero-order valence-corrected chi connectivity index (χ0v) is 10.4. The molecule has 0 saturated carbocycles. The van der Waals surface area contributed by atoms with E-state index in [1.165, 1.54) is 25.3 Å². The molecule has 1 unspecified atom stereocenters. The van der Waals surface area contributed by atoms with E-state index < -0.39 is 17.7 Å². The Morgan fingerprint density at radius 1 is 1.05 bits per heavy atom. The number of hydrogen-bond acceptors (Lipinski definition) is 2. The monoisotopic (exact) mass is 264 g/mol. The highest BCUT2D eigenvalue weighted by Crippen LogP contribution is 2.28. The van der Waals surface area contributed by atoms with Gasteiger partial charge in [0.2, 0.25) is 0 Å². The fourth-order valence-electron chi connectivity index (χ4n) is 1.97. The Labute approximate surface area is 110 Å². The average molecular weight is 264 g/mol. The van der Waals surface area contributed by atoms with E-state index >= 15 is 0 Å². The van der Waals surface area contributed by atoms with E-state index in [2.05, 4.69) is 0 Å². The predicted octanol–water partition coefficient (Wildman–Crippen LogP) is 3.25. The van der Waals surface area contributed by atoms with E-state index in [1.54, 1.807) is 24.3 Å². The second kappa shape index (κ2) is 5.80. The Morgan fingerprint density at radius 3 is 2.32 bits per heavy atom. The highest BCUT2D eigenvalue weighted by atomic mass is 19.1. The third kappa shape index (κ3) is 2.90. The van der Waals surface area contributed by atoms with E-state index in [4.69, 9.17) is 4.74 Å². The molecule has 2 aromatic rings. The van der Waals surface area contributed by atoms with Crippen molar-refractivity contribution in [2.75, 3.05) is 7.11 Å². The normalized spacial score (nSPS) is 12.2. The maximum Gasteiger partial charge on any atom is 0.129 e. The van der Waals surface area contributed by atoms with Crippen molar-refractivity contribution in [1.29, 1.82) is 0 Å². The molecule has 1 atom stereocenters. The SMILES string of the molecule is COc1ccccc1C(O)Cc1c(F)cccc1F. The van der Waals surface area contributed by atoms with Crippen LogP contribution in [0.25, 0.3) is 0 Å². The molecule has 100 valence electrons. The molecule has 0 spiro atoms. The third-order valence-corrected chi connectivity index (χ3v) is 2.96. The van der Waals surface area contributed by atoms with Gasteiger partial charge in [-0.25, -0.2) is 8.78 Å². The lowest BCUT2D eigenvalue weighted by Gasteiger charge is -2.15. The van der Waals surface area contributed by atoms with Gasteiger partial charge >= 0.3 is 0 Å². The number of aliphatic hydroxyl groups is 1. The minimum Gasteiger partial charge on any atom is -0.496 e. The maximum atomic E-state index is 13.5. The molecular formula is C15H14F2O2. The van der Waals surface area contributed by atoms with Crippen molar-refractivity contribution >= 4 is 0 Å². The molecule has 0 aliphatic carbocycles. The number of methoxy groups -OCH3 is 1. The first-order valence-corrected chi connectivity index (χ1v) is 5.87. The minimum absolute atomic E-state index is 0.124. The molecule has 0 radical (unpaired) electrons. The molecule has 0 amide bonds. The average Bonchev–Trinajstić information content (AvgIpc) is 2.42. The van der Waals surface area contributed by atoms with Crippen LogP contribution in [-0.4, -0.2) is 12.2 Å². The van der Waals surface area contributed by atoms with E-state index in [0.29, 0.717) is 11.3 Å². The number of ether oxygens (including phenoxy) is 1. The van der Waals surface area contributed by atoms with Crippen molar-refractivity contribution in [3.8, 4) is 5.75 Å². The molecule has 0 bridgehead atoms. The first-order chi connectivity index (χ1) is 9.13. The van der Waals surface area contributed by atoms with Gasteiger partial charge in [0.25, 0.3) is 0 Å². The standard InChI is InChI=1S/C15H14F2O2/c1-19-15-8-3-2-5-10(15)14(18)9-11-12(16)6-4-7-13(11)17/h2-8,14,18H,9H2,1H3. The third-order valence-electron chi connectivity index (χ3n) is 2.96. The molecule has 0 aliphatic rings. The molecule has 2 rings (SSSR count). The van der Waals surface area contributed by atoms with Crippen molar-refractivity contribution in [2.45, 2.75) is 12.5 Å². The second-order valence-electron chi connectivity index (χ2n) is 4.16. The van der Waals surface area contributed by atoms with Gasteiger partial charge in [-0.2, -0.15) is 0 Å². The van der Waals surface area contributed by atoms with Crippen LogP contribution in [-0.2, 0) is 6.42 Å². The number of para-hydroxylation sites is 1. The molecule has 0 saturated heterocycles. The van der Waals surface area contributed by atoms with Crippen molar-refractivity contribution in [2.24, 2.45) is 0 Å². The number of benzene rings is 2. The summed E-state index contributed by atoms with van der Waals surface area (Å²) in [5.41, 5.74) is 0.383.